The zero-order valence-corrected chi connectivity index (χ0v) is 17.5. The van der Waals surface area contributed by atoms with Crippen LogP contribution in [0.1, 0.15) is 26.4 Å². The summed E-state index contributed by atoms with van der Waals surface area (Å²) >= 11 is 0. The third kappa shape index (κ3) is 4.09. The third-order valence-corrected chi connectivity index (χ3v) is 5.04. The Hall–Kier alpha value is -5.30. The minimum absolute atomic E-state index is 0.186. The van der Waals surface area contributed by atoms with Crippen LogP contribution in [0, 0.1) is 11.3 Å². The minimum atomic E-state index is -0.460. The third-order valence-electron chi connectivity index (χ3n) is 5.04. The van der Waals surface area contributed by atoms with Gasteiger partial charge in [-0.15, -0.1) is 0 Å². The summed E-state index contributed by atoms with van der Waals surface area (Å²) in [6.07, 6.45) is 4.70. The van der Waals surface area contributed by atoms with Gasteiger partial charge in [0.05, 0.1) is 22.7 Å². The quantitative estimate of drug-likeness (QED) is 0.321. The van der Waals surface area contributed by atoms with Crippen molar-refractivity contribution in [2.75, 3.05) is 10.6 Å². The lowest BCUT2D eigenvalue weighted by molar-refractivity contribution is 0.101. The van der Waals surface area contributed by atoms with Crippen molar-refractivity contribution in [3.63, 3.8) is 0 Å². The zero-order valence-electron chi connectivity index (χ0n) is 17.5. The molecule has 2 aromatic carbocycles. The molecule has 0 atom stereocenters. The second-order valence-corrected chi connectivity index (χ2v) is 7.26. The summed E-state index contributed by atoms with van der Waals surface area (Å²) < 4.78 is 0. The molecule has 0 unspecified atom stereocenters. The van der Waals surface area contributed by atoms with E-state index in [0.717, 1.165) is 11.1 Å². The first kappa shape index (κ1) is 20.6. The molecule has 0 bridgehead atoms. The summed E-state index contributed by atoms with van der Waals surface area (Å²) in [5, 5.41) is 14.4. The monoisotopic (exact) mass is 448 g/mol. The lowest BCUT2D eigenvalue weighted by Crippen LogP contribution is -2.15. The van der Waals surface area contributed by atoms with Crippen molar-refractivity contribution in [3.05, 3.63) is 90.0 Å². The fourth-order valence-electron chi connectivity index (χ4n) is 3.42. The maximum Gasteiger partial charge on any atom is 0.276 e. The molecule has 0 aliphatic heterocycles. The van der Waals surface area contributed by atoms with Crippen LogP contribution >= 0.6 is 0 Å². The van der Waals surface area contributed by atoms with E-state index in [1.165, 1.54) is 6.20 Å². The number of amides is 2. The maximum absolute atomic E-state index is 12.7. The summed E-state index contributed by atoms with van der Waals surface area (Å²) in [7, 11) is 0. The highest BCUT2D eigenvalue weighted by Gasteiger charge is 2.16. The molecule has 10 nitrogen and oxygen atoms in total. The number of benzene rings is 2. The molecule has 0 radical (unpaired) electrons. The normalized spacial score (nSPS) is 10.6. The largest absolute Gasteiger partial charge is 0.331 e. The second kappa shape index (κ2) is 8.68. The molecule has 4 N–H and O–H groups in total. The Balaban J connectivity index is 1.34. The molecule has 0 saturated carbocycles. The molecular formula is C24H16N8O2. The number of H-pyrrole nitrogens is 2. The number of anilines is 2. The number of carbonyl (C=O) groups excluding carboxylic acids is 2. The Morgan fingerprint density at radius 2 is 1.76 bits per heavy atom. The molecule has 5 aromatic rings. The SMILES string of the molecule is N#Cc1cccc(-c2ccc(C(=O)Nc3nc4c(C(=O)Nc5ncc[nH]5)cccc4[nH]3)nc2)c1. The molecule has 0 fully saturated rings. The molecule has 0 aliphatic rings. The van der Waals surface area contributed by atoms with Crippen molar-refractivity contribution < 1.29 is 9.59 Å². The van der Waals surface area contributed by atoms with Crippen LogP contribution in [0.3, 0.4) is 0 Å². The van der Waals surface area contributed by atoms with Gasteiger partial charge in [0.25, 0.3) is 11.8 Å². The van der Waals surface area contributed by atoms with E-state index in [-0.39, 0.29) is 17.5 Å². The van der Waals surface area contributed by atoms with Crippen LogP contribution in [0.15, 0.2) is 73.2 Å². The van der Waals surface area contributed by atoms with Gasteiger partial charge in [-0.1, -0.05) is 24.3 Å². The highest BCUT2D eigenvalue weighted by Crippen LogP contribution is 2.22. The van der Waals surface area contributed by atoms with E-state index in [0.29, 0.717) is 28.1 Å². The molecule has 3 aromatic heterocycles. The Kier molecular flexibility index (Phi) is 5.26. The van der Waals surface area contributed by atoms with Gasteiger partial charge in [-0.2, -0.15) is 5.26 Å². The number of aromatic amines is 2. The Bertz CT molecular complexity index is 1550. The van der Waals surface area contributed by atoms with Gasteiger partial charge in [0, 0.05) is 24.2 Å². The van der Waals surface area contributed by atoms with Gasteiger partial charge in [0.15, 0.2) is 0 Å². The maximum atomic E-state index is 12.7. The number of fused-ring (bicyclic) bond motifs is 1. The number of carbonyl (C=O) groups is 2. The number of para-hydroxylation sites is 1. The smallest absolute Gasteiger partial charge is 0.276 e. The van der Waals surface area contributed by atoms with Crippen LogP contribution < -0.4 is 10.6 Å². The zero-order chi connectivity index (χ0) is 23.5. The standard InChI is InChI=1S/C24H16N8O2/c25-12-14-3-1-4-15(11-14)16-7-8-19(28-13-16)22(34)32-24-29-18-6-2-5-17(20(18)30-24)21(33)31-23-26-9-10-27-23/h1-11,13H,(H2,26,27,31,33)(H2,29,30,32,34). The molecule has 0 aliphatic carbocycles. The van der Waals surface area contributed by atoms with E-state index in [4.69, 9.17) is 5.26 Å². The fourth-order valence-corrected chi connectivity index (χ4v) is 3.42. The number of aromatic nitrogens is 5. The van der Waals surface area contributed by atoms with Gasteiger partial charge < -0.3 is 9.97 Å². The number of nitrogens with zero attached hydrogens (tertiary/aromatic N) is 4. The summed E-state index contributed by atoms with van der Waals surface area (Å²) in [5.41, 5.74) is 3.66. The lowest BCUT2D eigenvalue weighted by atomic mass is 10.1. The Morgan fingerprint density at radius 3 is 2.53 bits per heavy atom. The number of pyridine rings is 1. The van der Waals surface area contributed by atoms with E-state index in [9.17, 15) is 9.59 Å². The van der Waals surface area contributed by atoms with Crippen molar-refractivity contribution in [1.82, 2.24) is 24.9 Å². The molecule has 34 heavy (non-hydrogen) atoms. The highest BCUT2D eigenvalue weighted by atomic mass is 16.2. The molecule has 10 heteroatoms. The van der Waals surface area contributed by atoms with Crippen LogP contribution in [0.5, 0.6) is 0 Å². The average Bonchev–Trinajstić information content (AvgIpc) is 3.53. The summed E-state index contributed by atoms with van der Waals surface area (Å²) in [4.78, 5) is 43.7. The molecular weight excluding hydrogens is 432 g/mol. The van der Waals surface area contributed by atoms with Crippen molar-refractivity contribution in [2.45, 2.75) is 0 Å². The van der Waals surface area contributed by atoms with E-state index < -0.39 is 5.91 Å². The Labute approximate surface area is 192 Å². The van der Waals surface area contributed by atoms with E-state index in [2.05, 4.69) is 41.6 Å². The molecule has 164 valence electrons. The van der Waals surface area contributed by atoms with Crippen LogP contribution in [0.4, 0.5) is 11.9 Å². The van der Waals surface area contributed by atoms with Gasteiger partial charge in [-0.3, -0.25) is 25.2 Å². The van der Waals surface area contributed by atoms with Gasteiger partial charge in [0.2, 0.25) is 11.9 Å². The predicted octanol–water partition coefficient (Wildman–Crippen LogP) is 3.72. The molecule has 0 saturated heterocycles. The van der Waals surface area contributed by atoms with Crippen LogP contribution in [0.2, 0.25) is 0 Å². The lowest BCUT2D eigenvalue weighted by Gasteiger charge is -2.04. The van der Waals surface area contributed by atoms with Crippen molar-refractivity contribution in [2.24, 2.45) is 0 Å². The molecule has 5 rings (SSSR count). The number of rotatable bonds is 5. The first-order chi connectivity index (χ1) is 16.6. The van der Waals surface area contributed by atoms with Gasteiger partial charge in [-0.25, -0.2) is 9.97 Å². The number of imidazole rings is 2. The molecule has 2 amide bonds. The van der Waals surface area contributed by atoms with E-state index in [1.54, 1.807) is 60.9 Å². The van der Waals surface area contributed by atoms with Gasteiger partial charge >= 0.3 is 0 Å². The Morgan fingerprint density at radius 1 is 0.912 bits per heavy atom. The predicted molar refractivity (Wildman–Crippen MR) is 125 cm³/mol. The van der Waals surface area contributed by atoms with E-state index in [1.807, 2.05) is 6.07 Å². The molecule has 3 heterocycles. The number of hydrogen-bond acceptors (Lipinski definition) is 6. The van der Waals surface area contributed by atoms with Crippen molar-refractivity contribution in [3.8, 4) is 17.2 Å². The first-order valence-corrected chi connectivity index (χ1v) is 10.2. The van der Waals surface area contributed by atoms with Crippen LogP contribution in [0.25, 0.3) is 22.2 Å². The fraction of sp³-hybridized carbons (Fsp3) is 0. The second-order valence-electron chi connectivity index (χ2n) is 7.26. The van der Waals surface area contributed by atoms with Gasteiger partial charge in [0.1, 0.15) is 11.2 Å². The highest BCUT2D eigenvalue weighted by molar-refractivity contribution is 6.11. The molecule has 0 spiro atoms. The van der Waals surface area contributed by atoms with Crippen LogP contribution in [-0.4, -0.2) is 36.7 Å². The van der Waals surface area contributed by atoms with E-state index >= 15 is 0 Å². The summed E-state index contributed by atoms with van der Waals surface area (Å²) in [6, 6.07) is 17.7. The summed E-state index contributed by atoms with van der Waals surface area (Å²) in [6.45, 7) is 0. The van der Waals surface area contributed by atoms with Gasteiger partial charge in [-0.05, 0) is 35.9 Å². The first-order valence-electron chi connectivity index (χ1n) is 10.2. The topological polar surface area (TPSA) is 152 Å². The van der Waals surface area contributed by atoms with Crippen molar-refractivity contribution in [1.29, 1.82) is 5.26 Å². The average molecular weight is 448 g/mol. The number of nitriles is 1. The number of nitrogens with one attached hydrogen (secondary N) is 4. The summed E-state index contributed by atoms with van der Waals surface area (Å²) in [5.74, 6) is -0.341. The number of hydrogen-bond donors (Lipinski definition) is 4. The minimum Gasteiger partial charge on any atom is -0.331 e. The van der Waals surface area contributed by atoms with Crippen LogP contribution in [-0.2, 0) is 0 Å². The van der Waals surface area contributed by atoms with Crippen molar-refractivity contribution >= 4 is 34.7 Å².